The van der Waals surface area contributed by atoms with Gasteiger partial charge in [0.25, 0.3) is 0 Å². The van der Waals surface area contributed by atoms with Crippen LogP contribution in [-0.4, -0.2) is 0 Å². The van der Waals surface area contributed by atoms with E-state index in [1.165, 1.54) is 182 Å². The lowest BCUT2D eigenvalue weighted by Crippen LogP contribution is -2.25. The summed E-state index contributed by atoms with van der Waals surface area (Å²) in [6.07, 6.45) is 56.4. The number of unbranched alkanes of at least 4 members (excludes halogenated alkanes) is 3. The molecular weight excluding hydrogens is 913 g/mol. The molecule has 0 atom stereocenters. The van der Waals surface area contributed by atoms with Gasteiger partial charge in [-0.3, -0.25) is 0 Å². The van der Waals surface area contributed by atoms with E-state index >= 15 is 0 Å². The van der Waals surface area contributed by atoms with Crippen molar-refractivity contribution in [3.05, 3.63) is 95.1 Å². The smallest absolute Gasteiger partial charge is 0.0162 e. The molecule has 0 nitrogen and oxygen atoms in total. The van der Waals surface area contributed by atoms with Gasteiger partial charge < -0.3 is 0 Å². The van der Waals surface area contributed by atoms with Crippen LogP contribution in [0.3, 0.4) is 0 Å². The quantitative estimate of drug-likeness (QED) is 0.105. The maximum atomic E-state index is 2.38. The van der Waals surface area contributed by atoms with E-state index in [9.17, 15) is 0 Å². The molecule has 0 heterocycles. The Hall–Kier alpha value is -2.34. The highest BCUT2D eigenvalue weighted by Crippen LogP contribution is 2.46. The highest BCUT2D eigenvalue weighted by molar-refractivity contribution is 5.63. The molecule has 76 heavy (non-hydrogen) atoms. The minimum absolute atomic E-state index is 0.841. The van der Waals surface area contributed by atoms with E-state index in [1.807, 2.05) is 0 Å². The van der Waals surface area contributed by atoms with E-state index in [0.717, 1.165) is 71.0 Å². The fraction of sp³-hybridized carbons (Fsp3) is 0.763. The summed E-state index contributed by atoms with van der Waals surface area (Å²) in [5.74, 6) is 12.8. The van der Waals surface area contributed by atoms with Crippen LogP contribution in [0.2, 0.25) is 0 Å². The van der Waals surface area contributed by atoms with Gasteiger partial charge in [0.2, 0.25) is 0 Å². The number of rotatable bonds is 19. The van der Waals surface area contributed by atoms with Crippen molar-refractivity contribution >= 4 is 0 Å². The average molecular weight is 1040 g/mol. The van der Waals surface area contributed by atoms with E-state index in [2.05, 4.69) is 128 Å². The van der Waals surface area contributed by atoms with Crippen LogP contribution in [0, 0.1) is 78.9 Å². The van der Waals surface area contributed by atoms with Crippen LogP contribution in [-0.2, 0) is 6.42 Å². The third-order valence-corrected chi connectivity index (χ3v) is 21.8. The Morgan fingerprint density at radius 2 is 0.605 bits per heavy atom. The Morgan fingerprint density at radius 3 is 0.947 bits per heavy atom. The second-order valence-corrected chi connectivity index (χ2v) is 27.4. The topological polar surface area (TPSA) is 0 Å². The van der Waals surface area contributed by atoms with Crippen molar-refractivity contribution in [2.75, 3.05) is 0 Å². The second kappa shape index (κ2) is 36.1. The van der Waals surface area contributed by atoms with Gasteiger partial charge in [0, 0.05) is 0 Å². The van der Waals surface area contributed by atoms with Gasteiger partial charge in [-0.2, -0.15) is 0 Å². The summed E-state index contributed by atoms with van der Waals surface area (Å²) < 4.78 is 0. The van der Waals surface area contributed by atoms with Crippen LogP contribution in [0.25, 0.3) is 11.1 Å². The molecule has 0 saturated heterocycles. The molecule has 3 aromatic carbocycles. The van der Waals surface area contributed by atoms with Gasteiger partial charge in [-0.1, -0.05) is 267 Å². The molecule has 0 spiro atoms. The SMILES string of the molecule is CCCC1CCC(C2CCC(CC)CC2)CC1.CCCC1CCC(C2CCC(c3ccc(C)cc3)CC2)CC1.CCCCC1CCC(C2CCC(CCC)CC2)CC1.CCCCCc1ccc(-c2ccc(C)cc2)cc1. The van der Waals surface area contributed by atoms with E-state index in [1.54, 1.807) is 95.5 Å². The van der Waals surface area contributed by atoms with Gasteiger partial charge >= 0.3 is 0 Å². The number of benzene rings is 3. The van der Waals surface area contributed by atoms with Crippen LogP contribution in [0.5, 0.6) is 0 Å². The molecule has 3 aromatic rings. The number of aryl methyl sites for hydroxylation is 3. The van der Waals surface area contributed by atoms with Gasteiger partial charge in [-0.25, -0.2) is 0 Å². The fourth-order valence-corrected chi connectivity index (χ4v) is 16.5. The molecule has 428 valence electrons. The molecule has 0 heteroatoms. The maximum absolute atomic E-state index is 2.38. The van der Waals surface area contributed by atoms with Crippen molar-refractivity contribution in [3.8, 4) is 11.1 Å². The summed E-state index contributed by atoms with van der Waals surface area (Å²) in [4.78, 5) is 0. The van der Waals surface area contributed by atoms with Crippen LogP contribution >= 0.6 is 0 Å². The molecule has 0 N–H and O–H groups in total. The largest absolute Gasteiger partial charge is 0.0654 e. The summed E-state index contributed by atoms with van der Waals surface area (Å²) >= 11 is 0. The summed E-state index contributed by atoms with van der Waals surface area (Å²) in [7, 11) is 0. The molecule has 0 aliphatic heterocycles. The predicted molar refractivity (Wildman–Crippen MR) is 338 cm³/mol. The molecule has 6 aliphatic carbocycles. The third kappa shape index (κ3) is 22.0. The first-order valence-corrected chi connectivity index (χ1v) is 34.4. The van der Waals surface area contributed by atoms with Gasteiger partial charge in [-0.05, 0) is 210 Å². The van der Waals surface area contributed by atoms with Crippen molar-refractivity contribution in [2.24, 2.45) is 65.1 Å². The lowest BCUT2D eigenvalue weighted by Gasteiger charge is -2.38. The lowest BCUT2D eigenvalue weighted by atomic mass is 9.68. The van der Waals surface area contributed by atoms with Crippen molar-refractivity contribution in [1.29, 1.82) is 0 Å². The van der Waals surface area contributed by atoms with E-state index < -0.39 is 0 Å². The monoisotopic (exact) mass is 1040 g/mol. The Kier molecular flexibility index (Phi) is 29.9. The molecule has 0 aromatic heterocycles. The minimum atomic E-state index is 0.841. The Morgan fingerprint density at radius 1 is 0.289 bits per heavy atom. The first-order valence-electron chi connectivity index (χ1n) is 34.4. The van der Waals surface area contributed by atoms with Crippen LogP contribution in [0.1, 0.15) is 307 Å². The Bertz CT molecular complexity index is 1840. The zero-order valence-electron chi connectivity index (χ0n) is 51.7. The third-order valence-electron chi connectivity index (χ3n) is 21.8. The molecule has 6 fully saturated rings. The molecule has 0 radical (unpaired) electrons. The standard InChI is InChI=1S/C22H34.C19H36.C18H22.C17H32/c1-3-4-18-7-11-20(12-8-18)22-15-13-21(14-16-22)19-9-5-17(2)6-10-19;1-3-5-7-17-10-14-19(15-11-17)18-12-8-16(6-4-2)9-13-18;1-3-4-5-6-16-9-13-18(14-10-16)17-11-7-15(2)8-12-17;1-3-5-15-8-12-17(13-9-15)16-10-6-14(4-2)7-11-16/h5-6,9-10,18,20-22H,3-4,7-8,11-16H2,1-2H3;16-19H,3-15H2,1-2H3;7-14H,3-6H2,1-2H3;14-17H,3-13H2,1-2H3. The molecule has 0 bridgehead atoms. The minimum Gasteiger partial charge on any atom is -0.0654 e. The molecule has 0 amide bonds. The molecule has 0 unspecified atom stereocenters. The summed E-state index contributed by atoms with van der Waals surface area (Å²) in [6.45, 7) is 18.3. The van der Waals surface area contributed by atoms with Crippen molar-refractivity contribution in [3.63, 3.8) is 0 Å². The maximum Gasteiger partial charge on any atom is -0.0162 e. The summed E-state index contributed by atoms with van der Waals surface area (Å²) in [6, 6.07) is 27.1. The normalized spacial score (nSPS) is 29.8. The predicted octanol–water partition coefficient (Wildman–Crippen LogP) is 24.7. The molecule has 9 rings (SSSR count). The van der Waals surface area contributed by atoms with Crippen LogP contribution in [0.15, 0.2) is 72.8 Å². The van der Waals surface area contributed by atoms with E-state index in [4.69, 9.17) is 0 Å². The average Bonchev–Trinajstić information content (AvgIpc) is 3.47. The van der Waals surface area contributed by atoms with Crippen LogP contribution in [0.4, 0.5) is 0 Å². The van der Waals surface area contributed by atoms with Gasteiger partial charge in [0.15, 0.2) is 0 Å². The zero-order chi connectivity index (χ0) is 53.7. The van der Waals surface area contributed by atoms with E-state index in [-0.39, 0.29) is 0 Å². The van der Waals surface area contributed by atoms with Crippen molar-refractivity contribution in [1.82, 2.24) is 0 Å². The van der Waals surface area contributed by atoms with E-state index in [0.29, 0.717) is 0 Å². The fourth-order valence-electron chi connectivity index (χ4n) is 16.5. The number of hydrogen-bond donors (Lipinski definition) is 0. The molecular formula is C76H124. The second-order valence-electron chi connectivity index (χ2n) is 27.4. The molecule has 6 saturated carbocycles. The number of hydrogen-bond acceptors (Lipinski definition) is 0. The Labute approximate surface area is 474 Å². The van der Waals surface area contributed by atoms with Crippen LogP contribution < -0.4 is 0 Å². The summed E-state index contributed by atoms with van der Waals surface area (Å²) in [5, 5.41) is 0. The first-order chi connectivity index (χ1) is 37.2. The lowest BCUT2D eigenvalue weighted by molar-refractivity contribution is 0.140. The highest BCUT2D eigenvalue weighted by atomic mass is 14.4. The summed E-state index contributed by atoms with van der Waals surface area (Å²) in [5.41, 5.74) is 8.38. The van der Waals surface area contributed by atoms with Gasteiger partial charge in [0.05, 0.1) is 0 Å². The van der Waals surface area contributed by atoms with Crippen molar-refractivity contribution < 1.29 is 0 Å². The Balaban J connectivity index is 0.000000165. The van der Waals surface area contributed by atoms with Crippen molar-refractivity contribution in [2.45, 2.75) is 305 Å². The zero-order valence-corrected chi connectivity index (χ0v) is 51.7. The first kappa shape index (κ1) is 62.9. The molecule has 6 aliphatic rings. The van der Waals surface area contributed by atoms with Gasteiger partial charge in [0.1, 0.15) is 0 Å². The van der Waals surface area contributed by atoms with Gasteiger partial charge in [-0.15, -0.1) is 0 Å². The highest BCUT2D eigenvalue weighted by Gasteiger charge is 2.33.